The molecule has 0 rings (SSSR count). The third kappa shape index (κ3) is 15.9. The van der Waals surface area contributed by atoms with Crippen molar-refractivity contribution in [2.24, 2.45) is 0 Å². The monoisotopic (exact) mass is 168 g/mol. The number of hydrogen-bond donors (Lipinski definition) is 1. The van der Waals surface area contributed by atoms with Crippen LogP contribution in [0.4, 0.5) is 0 Å². The largest absolute Gasteiger partial charge is 0.478 e. The molecule has 0 aliphatic carbocycles. The molecular formula is C10H16O2. The van der Waals surface area contributed by atoms with Crippen LogP contribution in [0.15, 0.2) is 37.0 Å². The van der Waals surface area contributed by atoms with Crippen LogP contribution in [0.5, 0.6) is 0 Å². The fraction of sp³-hybridized carbons (Fsp3) is 0.300. The SMILES string of the molecule is C=C(C)C(=O)O.C=CC=CCC. The van der Waals surface area contributed by atoms with Crippen LogP contribution in [0.3, 0.4) is 0 Å². The molecule has 12 heavy (non-hydrogen) atoms. The van der Waals surface area contributed by atoms with Gasteiger partial charge in [-0.1, -0.05) is 38.3 Å². The fourth-order valence-corrected chi connectivity index (χ4v) is 0.232. The van der Waals surface area contributed by atoms with Crippen molar-refractivity contribution in [3.05, 3.63) is 37.0 Å². The Bertz CT molecular complexity index is 166. The van der Waals surface area contributed by atoms with Gasteiger partial charge in [0.25, 0.3) is 0 Å². The summed E-state index contributed by atoms with van der Waals surface area (Å²) in [6.45, 7) is 10.2. The van der Waals surface area contributed by atoms with Gasteiger partial charge in [0.15, 0.2) is 0 Å². The van der Waals surface area contributed by atoms with Crippen LogP contribution < -0.4 is 0 Å². The van der Waals surface area contributed by atoms with Gasteiger partial charge in [0.1, 0.15) is 0 Å². The summed E-state index contributed by atoms with van der Waals surface area (Å²) >= 11 is 0. The van der Waals surface area contributed by atoms with Crippen LogP contribution in [0.25, 0.3) is 0 Å². The van der Waals surface area contributed by atoms with E-state index in [4.69, 9.17) is 5.11 Å². The van der Waals surface area contributed by atoms with Gasteiger partial charge in [-0.05, 0) is 13.3 Å². The molecule has 1 N–H and O–H groups in total. The minimum Gasteiger partial charge on any atom is -0.478 e. The van der Waals surface area contributed by atoms with E-state index in [1.807, 2.05) is 6.08 Å². The molecule has 0 bridgehead atoms. The molecule has 0 radical (unpaired) electrons. The third-order valence-electron chi connectivity index (χ3n) is 0.873. The normalized spacial score (nSPS) is 8.50. The molecule has 0 unspecified atom stereocenters. The van der Waals surface area contributed by atoms with E-state index in [1.165, 1.54) is 6.92 Å². The van der Waals surface area contributed by atoms with Crippen molar-refractivity contribution in [3.63, 3.8) is 0 Å². The van der Waals surface area contributed by atoms with Crippen LogP contribution >= 0.6 is 0 Å². The molecule has 68 valence electrons. The first-order chi connectivity index (χ1) is 5.56. The highest BCUT2D eigenvalue weighted by Crippen LogP contribution is 1.81. The second-order valence-corrected chi connectivity index (χ2v) is 2.16. The number of carboxylic acid groups (broad SMARTS) is 1. The number of hydrogen-bond acceptors (Lipinski definition) is 1. The minimum absolute atomic E-state index is 0.176. The average molecular weight is 168 g/mol. The molecule has 2 nitrogen and oxygen atoms in total. The first-order valence-electron chi connectivity index (χ1n) is 3.72. The van der Waals surface area contributed by atoms with E-state index >= 15 is 0 Å². The van der Waals surface area contributed by atoms with Gasteiger partial charge in [0.05, 0.1) is 0 Å². The van der Waals surface area contributed by atoms with Crippen molar-refractivity contribution >= 4 is 5.97 Å². The van der Waals surface area contributed by atoms with Crippen molar-refractivity contribution in [3.8, 4) is 0 Å². The predicted octanol–water partition coefficient (Wildman–Crippen LogP) is 2.79. The molecule has 0 aromatic rings. The Morgan fingerprint density at radius 2 is 2.00 bits per heavy atom. The number of rotatable bonds is 3. The van der Waals surface area contributed by atoms with E-state index in [1.54, 1.807) is 6.08 Å². The average Bonchev–Trinajstić information content (AvgIpc) is 2.02. The van der Waals surface area contributed by atoms with Crippen LogP contribution in [0, 0.1) is 0 Å². The molecule has 0 heterocycles. The van der Waals surface area contributed by atoms with Crippen molar-refractivity contribution in [1.29, 1.82) is 0 Å². The summed E-state index contributed by atoms with van der Waals surface area (Å²) in [6, 6.07) is 0. The van der Waals surface area contributed by atoms with E-state index in [0.29, 0.717) is 0 Å². The molecule has 0 aliphatic rings. The van der Waals surface area contributed by atoms with Gasteiger partial charge in [-0.3, -0.25) is 0 Å². The van der Waals surface area contributed by atoms with E-state index in [9.17, 15) is 4.79 Å². The minimum atomic E-state index is -0.935. The summed E-state index contributed by atoms with van der Waals surface area (Å²) in [5.41, 5.74) is 0.176. The van der Waals surface area contributed by atoms with E-state index in [-0.39, 0.29) is 5.57 Å². The molecule has 0 atom stereocenters. The highest BCUT2D eigenvalue weighted by molar-refractivity contribution is 5.84. The lowest BCUT2D eigenvalue weighted by Crippen LogP contribution is -1.92. The molecular weight excluding hydrogens is 152 g/mol. The highest BCUT2D eigenvalue weighted by Gasteiger charge is 1.90. The topological polar surface area (TPSA) is 37.3 Å². The number of aliphatic carboxylic acids is 1. The van der Waals surface area contributed by atoms with Gasteiger partial charge < -0.3 is 5.11 Å². The lowest BCUT2D eigenvalue weighted by atomic mass is 10.4. The summed E-state index contributed by atoms with van der Waals surface area (Å²) in [5.74, 6) is -0.935. The Hall–Kier alpha value is -1.31. The highest BCUT2D eigenvalue weighted by atomic mass is 16.4. The number of allylic oxidation sites excluding steroid dienone is 3. The number of carboxylic acids is 1. The predicted molar refractivity (Wildman–Crippen MR) is 52.1 cm³/mol. The Labute approximate surface area is 73.9 Å². The molecule has 0 saturated carbocycles. The molecule has 2 heteroatoms. The molecule has 0 aromatic heterocycles. The second-order valence-electron chi connectivity index (χ2n) is 2.16. The zero-order valence-corrected chi connectivity index (χ0v) is 7.71. The molecule has 0 spiro atoms. The molecule has 0 fully saturated rings. The molecule has 0 amide bonds. The lowest BCUT2D eigenvalue weighted by Gasteiger charge is -1.79. The number of carbonyl (C=O) groups is 1. The van der Waals surface area contributed by atoms with Crippen LogP contribution in [0.2, 0.25) is 0 Å². The fourth-order valence-electron chi connectivity index (χ4n) is 0.232. The lowest BCUT2D eigenvalue weighted by molar-refractivity contribution is -0.132. The standard InChI is InChI=1S/C6H10.C4H6O2/c1-3-5-6-4-2;1-3(2)4(5)6/h3,5-6H,1,4H2,2H3;1H2,2H3,(H,5,6). The summed E-state index contributed by atoms with van der Waals surface area (Å²) in [5, 5.41) is 7.89. The first kappa shape index (κ1) is 13.3. The maximum atomic E-state index is 9.60. The Kier molecular flexibility index (Phi) is 10.7. The third-order valence-corrected chi connectivity index (χ3v) is 0.873. The van der Waals surface area contributed by atoms with Crippen molar-refractivity contribution in [2.75, 3.05) is 0 Å². The van der Waals surface area contributed by atoms with Crippen molar-refractivity contribution < 1.29 is 9.90 Å². The van der Waals surface area contributed by atoms with Gasteiger partial charge in [0, 0.05) is 5.57 Å². The van der Waals surface area contributed by atoms with E-state index < -0.39 is 5.97 Å². The Balaban J connectivity index is 0. The Morgan fingerprint density at radius 3 is 2.08 bits per heavy atom. The second kappa shape index (κ2) is 9.69. The van der Waals surface area contributed by atoms with Gasteiger partial charge in [-0.2, -0.15) is 0 Å². The zero-order valence-electron chi connectivity index (χ0n) is 7.71. The summed E-state index contributed by atoms with van der Waals surface area (Å²) in [7, 11) is 0. The van der Waals surface area contributed by atoms with E-state index in [0.717, 1.165) is 6.42 Å². The zero-order chi connectivity index (χ0) is 9.98. The summed E-state index contributed by atoms with van der Waals surface area (Å²) in [6.07, 6.45) is 6.89. The maximum absolute atomic E-state index is 9.60. The van der Waals surface area contributed by atoms with Gasteiger partial charge >= 0.3 is 5.97 Å². The van der Waals surface area contributed by atoms with Gasteiger partial charge in [0.2, 0.25) is 0 Å². The molecule has 0 aromatic carbocycles. The quantitative estimate of drug-likeness (QED) is 0.519. The van der Waals surface area contributed by atoms with Crippen LogP contribution in [0.1, 0.15) is 20.3 Å². The maximum Gasteiger partial charge on any atom is 0.330 e. The summed E-state index contributed by atoms with van der Waals surface area (Å²) < 4.78 is 0. The smallest absolute Gasteiger partial charge is 0.330 e. The van der Waals surface area contributed by atoms with Crippen LogP contribution in [-0.2, 0) is 4.79 Å². The molecule has 0 saturated heterocycles. The first-order valence-corrected chi connectivity index (χ1v) is 3.72. The van der Waals surface area contributed by atoms with Crippen LogP contribution in [-0.4, -0.2) is 11.1 Å². The summed E-state index contributed by atoms with van der Waals surface area (Å²) in [4.78, 5) is 9.60. The Morgan fingerprint density at radius 1 is 1.58 bits per heavy atom. The van der Waals surface area contributed by atoms with Gasteiger partial charge in [-0.15, -0.1) is 0 Å². The molecule has 0 aliphatic heterocycles. The van der Waals surface area contributed by atoms with Gasteiger partial charge in [-0.25, -0.2) is 4.79 Å². The van der Waals surface area contributed by atoms with E-state index in [2.05, 4.69) is 26.2 Å². The van der Waals surface area contributed by atoms with Crippen molar-refractivity contribution in [1.82, 2.24) is 0 Å². The van der Waals surface area contributed by atoms with Crippen molar-refractivity contribution in [2.45, 2.75) is 20.3 Å².